The number of benzene rings is 1. The molecule has 1 fully saturated rings. The first-order chi connectivity index (χ1) is 16.4. The predicted molar refractivity (Wildman–Crippen MR) is 134 cm³/mol. The van der Waals surface area contributed by atoms with Crippen molar-refractivity contribution < 1.29 is 19.1 Å². The number of nitrogens with zero attached hydrogens (tertiary/aromatic N) is 3. The van der Waals surface area contributed by atoms with Crippen LogP contribution in [-0.4, -0.2) is 48.2 Å². The average Bonchev–Trinajstić information content (AvgIpc) is 3.11. The number of fused-ring (bicyclic) bond motifs is 1. The third-order valence-electron chi connectivity index (χ3n) is 6.06. The van der Waals surface area contributed by atoms with E-state index in [9.17, 15) is 9.59 Å². The Labute approximate surface area is 203 Å². The normalized spacial score (nSPS) is 14.3. The molecular weight excluding hydrogens is 452 g/mol. The van der Waals surface area contributed by atoms with E-state index in [-0.39, 0.29) is 17.9 Å². The van der Waals surface area contributed by atoms with Gasteiger partial charge in [0, 0.05) is 18.0 Å². The highest BCUT2D eigenvalue weighted by Gasteiger charge is 2.29. The Morgan fingerprint density at radius 1 is 1.06 bits per heavy atom. The Balaban J connectivity index is 1.69. The van der Waals surface area contributed by atoms with Gasteiger partial charge in [-0.25, -0.2) is 14.8 Å². The number of para-hydroxylation sites is 2. The number of aryl methyl sites for hydroxylation is 1. The number of thiophene rings is 1. The minimum absolute atomic E-state index is 0.0981. The number of esters is 2. The molecule has 1 N–H and O–H groups in total. The Morgan fingerprint density at radius 2 is 1.71 bits per heavy atom. The fourth-order valence-electron chi connectivity index (χ4n) is 4.15. The highest BCUT2D eigenvalue weighted by Crippen LogP contribution is 2.38. The summed E-state index contributed by atoms with van der Waals surface area (Å²) in [5, 5.41) is 4.09. The van der Waals surface area contributed by atoms with E-state index in [0.717, 1.165) is 21.5 Å². The lowest BCUT2D eigenvalue weighted by Gasteiger charge is -2.32. The fourth-order valence-corrected chi connectivity index (χ4v) is 5.20. The van der Waals surface area contributed by atoms with Gasteiger partial charge in [0.2, 0.25) is 0 Å². The molecule has 0 atom stereocenters. The smallest absolute Gasteiger partial charge is 0.341 e. The molecule has 1 aliphatic heterocycles. The highest BCUT2D eigenvalue weighted by atomic mass is 32.1. The number of ether oxygens (including phenoxy) is 2. The van der Waals surface area contributed by atoms with Crippen LogP contribution in [0.25, 0.3) is 11.0 Å². The number of hydrogen-bond donors (Lipinski definition) is 1. The van der Waals surface area contributed by atoms with Gasteiger partial charge in [-0.05, 0) is 58.2 Å². The lowest BCUT2D eigenvalue weighted by Crippen LogP contribution is -2.37. The van der Waals surface area contributed by atoms with Crippen LogP contribution in [0.15, 0.2) is 24.3 Å². The second-order valence-electron chi connectivity index (χ2n) is 8.23. The third kappa shape index (κ3) is 4.84. The third-order valence-corrected chi connectivity index (χ3v) is 7.19. The first-order valence-electron chi connectivity index (χ1n) is 11.6. The van der Waals surface area contributed by atoms with E-state index in [0.29, 0.717) is 61.3 Å². The van der Waals surface area contributed by atoms with Crippen LogP contribution < -0.4 is 10.2 Å². The maximum atomic E-state index is 12.7. The monoisotopic (exact) mass is 482 g/mol. The summed E-state index contributed by atoms with van der Waals surface area (Å²) in [5.74, 6) is 0.713. The van der Waals surface area contributed by atoms with Crippen molar-refractivity contribution in [1.82, 2.24) is 9.97 Å². The average molecular weight is 483 g/mol. The molecule has 0 bridgehead atoms. The lowest BCUT2D eigenvalue weighted by molar-refractivity contribution is -0.148. The molecule has 0 radical (unpaired) electrons. The van der Waals surface area contributed by atoms with Crippen LogP contribution in [0.5, 0.6) is 0 Å². The zero-order valence-corrected chi connectivity index (χ0v) is 20.8. The Bertz CT molecular complexity index is 1200. The van der Waals surface area contributed by atoms with Gasteiger partial charge in [-0.3, -0.25) is 4.79 Å². The summed E-state index contributed by atoms with van der Waals surface area (Å²) in [7, 11) is 0. The number of carbonyl (C=O) groups excluding carboxylic acids is 2. The summed E-state index contributed by atoms with van der Waals surface area (Å²) in [6.07, 6.45) is 1.39. The van der Waals surface area contributed by atoms with Gasteiger partial charge in [0.25, 0.3) is 0 Å². The second kappa shape index (κ2) is 10.4. The molecule has 1 saturated heterocycles. The van der Waals surface area contributed by atoms with Gasteiger partial charge in [0.15, 0.2) is 11.6 Å². The van der Waals surface area contributed by atoms with Gasteiger partial charge in [-0.1, -0.05) is 12.1 Å². The topological polar surface area (TPSA) is 93.6 Å². The Hall–Kier alpha value is -3.20. The number of aromatic nitrogens is 2. The minimum Gasteiger partial charge on any atom is -0.466 e. The maximum absolute atomic E-state index is 12.7. The molecule has 0 amide bonds. The van der Waals surface area contributed by atoms with Crippen LogP contribution in [-0.2, 0) is 14.3 Å². The quantitative estimate of drug-likeness (QED) is 0.470. The molecule has 0 saturated carbocycles. The van der Waals surface area contributed by atoms with Crippen molar-refractivity contribution in [2.75, 3.05) is 36.5 Å². The van der Waals surface area contributed by atoms with Gasteiger partial charge < -0.3 is 19.7 Å². The van der Waals surface area contributed by atoms with Crippen molar-refractivity contribution in [2.24, 2.45) is 5.92 Å². The van der Waals surface area contributed by atoms with Crippen LogP contribution in [0.1, 0.15) is 47.5 Å². The summed E-state index contributed by atoms with van der Waals surface area (Å²) >= 11 is 1.50. The number of rotatable bonds is 7. The number of nitrogens with one attached hydrogen (secondary N) is 1. The molecule has 180 valence electrons. The van der Waals surface area contributed by atoms with Gasteiger partial charge in [-0.15, -0.1) is 11.3 Å². The number of hydrogen-bond acceptors (Lipinski definition) is 9. The molecule has 9 heteroatoms. The zero-order chi connectivity index (χ0) is 24.2. The van der Waals surface area contributed by atoms with E-state index in [1.165, 1.54) is 11.3 Å². The first-order valence-corrected chi connectivity index (χ1v) is 12.5. The standard InChI is InChI=1S/C25H30N4O4S/c1-5-32-24(30)17-11-13-29(14-12-17)22-21(26-18-9-7-8-10-19(18)27-22)28-23-20(25(31)33-6-2)15(3)16(4)34-23/h7-10,17H,5-6,11-14H2,1-4H3,(H,26,28). The van der Waals surface area contributed by atoms with Gasteiger partial charge >= 0.3 is 11.9 Å². The van der Waals surface area contributed by atoms with Gasteiger partial charge in [-0.2, -0.15) is 0 Å². The largest absolute Gasteiger partial charge is 0.466 e. The molecule has 3 aromatic rings. The molecular formula is C25H30N4O4S. The minimum atomic E-state index is -0.350. The molecule has 1 aromatic carbocycles. The van der Waals surface area contributed by atoms with E-state index in [1.54, 1.807) is 6.92 Å². The van der Waals surface area contributed by atoms with Gasteiger partial charge in [0.1, 0.15) is 5.00 Å². The van der Waals surface area contributed by atoms with E-state index in [1.807, 2.05) is 45.0 Å². The Morgan fingerprint density at radius 3 is 2.35 bits per heavy atom. The van der Waals surface area contributed by atoms with Crippen molar-refractivity contribution in [2.45, 2.75) is 40.5 Å². The van der Waals surface area contributed by atoms with Crippen molar-refractivity contribution in [3.05, 3.63) is 40.3 Å². The second-order valence-corrected chi connectivity index (χ2v) is 9.46. The van der Waals surface area contributed by atoms with Crippen molar-refractivity contribution >= 4 is 50.9 Å². The molecule has 2 aromatic heterocycles. The maximum Gasteiger partial charge on any atom is 0.341 e. The highest BCUT2D eigenvalue weighted by molar-refractivity contribution is 7.16. The van der Waals surface area contributed by atoms with Crippen LogP contribution in [0, 0.1) is 19.8 Å². The summed E-state index contributed by atoms with van der Waals surface area (Å²) in [6, 6.07) is 7.71. The van der Waals surface area contributed by atoms with Crippen LogP contribution in [0.4, 0.5) is 16.6 Å². The van der Waals surface area contributed by atoms with Crippen LogP contribution in [0.2, 0.25) is 0 Å². The van der Waals surface area contributed by atoms with Crippen molar-refractivity contribution in [1.29, 1.82) is 0 Å². The van der Waals surface area contributed by atoms with Crippen LogP contribution >= 0.6 is 11.3 Å². The number of carbonyl (C=O) groups is 2. The van der Waals surface area contributed by atoms with E-state index < -0.39 is 0 Å². The SMILES string of the molecule is CCOC(=O)c1c(Nc2nc3ccccc3nc2N2CCC(C(=O)OCC)CC2)sc(C)c1C. The van der Waals surface area contributed by atoms with E-state index in [2.05, 4.69) is 10.2 Å². The number of anilines is 3. The molecule has 4 rings (SSSR count). The number of piperidine rings is 1. The fraction of sp³-hybridized carbons (Fsp3) is 0.440. The molecule has 0 spiro atoms. The van der Waals surface area contributed by atoms with E-state index in [4.69, 9.17) is 19.4 Å². The predicted octanol–water partition coefficient (Wildman–Crippen LogP) is 5.01. The Kier molecular flexibility index (Phi) is 7.31. The lowest BCUT2D eigenvalue weighted by atomic mass is 9.97. The first kappa shape index (κ1) is 23.9. The van der Waals surface area contributed by atoms with Gasteiger partial charge in [0.05, 0.1) is 35.7 Å². The summed E-state index contributed by atoms with van der Waals surface area (Å²) < 4.78 is 10.5. The molecule has 8 nitrogen and oxygen atoms in total. The van der Waals surface area contributed by atoms with Crippen molar-refractivity contribution in [3.63, 3.8) is 0 Å². The molecule has 0 aliphatic carbocycles. The summed E-state index contributed by atoms with van der Waals surface area (Å²) in [6.45, 7) is 9.57. The molecule has 3 heterocycles. The molecule has 34 heavy (non-hydrogen) atoms. The molecule has 0 unspecified atom stereocenters. The zero-order valence-electron chi connectivity index (χ0n) is 20.0. The molecule has 1 aliphatic rings. The summed E-state index contributed by atoms with van der Waals surface area (Å²) in [5.41, 5.74) is 2.99. The van der Waals surface area contributed by atoms with Crippen molar-refractivity contribution in [3.8, 4) is 0 Å². The van der Waals surface area contributed by atoms with Crippen LogP contribution in [0.3, 0.4) is 0 Å². The summed E-state index contributed by atoms with van der Waals surface area (Å²) in [4.78, 5) is 37.8. The van der Waals surface area contributed by atoms with E-state index >= 15 is 0 Å².